The van der Waals surface area contributed by atoms with Gasteiger partial charge in [-0.3, -0.25) is 0 Å². The highest BCUT2D eigenvalue weighted by Gasteiger charge is 2.23. The van der Waals surface area contributed by atoms with Crippen LogP contribution < -0.4 is 5.32 Å². The van der Waals surface area contributed by atoms with Crippen LogP contribution in [-0.2, 0) is 6.42 Å². The molecule has 1 aliphatic rings. The Bertz CT molecular complexity index is 335. The van der Waals surface area contributed by atoms with Crippen LogP contribution in [0.2, 0.25) is 0 Å². The lowest BCUT2D eigenvalue weighted by Crippen LogP contribution is -2.40. The fraction of sp³-hybridized carbons (Fsp3) is 0.571. The molecule has 1 atom stereocenters. The molecule has 82 valence electrons. The third kappa shape index (κ3) is 2.60. The second kappa shape index (κ2) is 3.97. The molecule has 0 unspecified atom stereocenters. The van der Waals surface area contributed by atoms with E-state index in [4.69, 9.17) is 0 Å². The molecule has 15 heavy (non-hydrogen) atoms. The second-order valence-corrected chi connectivity index (χ2v) is 5.54. The van der Waals surface area contributed by atoms with Crippen LogP contribution in [0, 0.1) is 0 Å². The Morgan fingerprint density at radius 1 is 1.20 bits per heavy atom. The summed E-state index contributed by atoms with van der Waals surface area (Å²) in [4.78, 5) is 0. The lowest BCUT2D eigenvalue weighted by atomic mass is 9.86. The number of aryl methyl sites for hydroxylation is 1. The van der Waals surface area contributed by atoms with Crippen LogP contribution >= 0.6 is 0 Å². The Morgan fingerprint density at radius 2 is 1.93 bits per heavy atom. The zero-order chi connectivity index (χ0) is 10.9. The summed E-state index contributed by atoms with van der Waals surface area (Å²) < 4.78 is 0. The fourth-order valence-corrected chi connectivity index (χ4v) is 2.43. The molecule has 0 bridgehead atoms. The zero-order valence-corrected chi connectivity index (χ0v) is 10.0. The van der Waals surface area contributed by atoms with Gasteiger partial charge in [0.05, 0.1) is 0 Å². The third-order valence-electron chi connectivity index (χ3n) is 2.98. The van der Waals surface area contributed by atoms with Gasteiger partial charge in [0.25, 0.3) is 0 Å². The standard InChI is InChI=1S/C14H21N/c1-14(2,3)15-13-10-6-8-11-7-4-5-9-12(11)13/h4-5,7,9,13,15H,6,8,10H2,1-3H3/t13-/m0/s1. The smallest absolute Gasteiger partial charge is 0.0327 e. The van der Waals surface area contributed by atoms with Crippen LogP contribution in [0.5, 0.6) is 0 Å². The summed E-state index contributed by atoms with van der Waals surface area (Å²) in [7, 11) is 0. The number of nitrogens with one attached hydrogen (secondary N) is 1. The van der Waals surface area contributed by atoms with Crippen LogP contribution in [0.4, 0.5) is 0 Å². The Morgan fingerprint density at radius 3 is 2.67 bits per heavy atom. The molecule has 0 saturated heterocycles. The highest BCUT2D eigenvalue weighted by atomic mass is 15.0. The molecular weight excluding hydrogens is 182 g/mol. The molecule has 1 aromatic rings. The average molecular weight is 203 g/mol. The molecule has 2 rings (SSSR count). The summed E-state index contributed by atoms with van der Waals surface area (Å²) in [6, 6.07) is 9.40. The van der Waals surface area contributed by atoms with Crippen LogP contribution in [0.25, 0.3) is 0 Å². The quantitative estimate of drug-likeness (QED) is 0.737. The maximum Gasteiger partial charge on any atom is 0.0327 e. The first-order valence-electron chi connectivity index (χ1n) is 5.92. The average Bonchev–Trinajstić information content (AvgIpc) is 2.16. The number of rotatable bonds is 1. The molecule has 0 heterocycles. The summed E-state index contributed by atoms with van der Waals surface area (Å²) >= 11 is 0. The normalized spacial score (nSPS) is 21.1. The van der Waals surface area contributed by atoms with E-state index in [1.165, 1.54) is 30.4 Å². The fourth-order valence-electron chi connectivity index (χ4n) is 2.43. The van der Waals surface area contributed by atoms with E-state index >= 15 is 0 Å². The largest absolute Gasteiger partial charge is 0.305 e. The van der Waals surface area contributed by atoms with Crippen LogP contribution in [0.3, 0.4) is 0 Å². The maximum atomic E-state index is 3.71. The zero-order valence-electron chi connectivity index (χ0n) is 10.0. The monoisotopic (exact) mass is 203 g/mol. The number of benzene rings is 1. The minimum atomic E-state index is 0.203. The van der Waals surface area contributed by atoms with Gasteiger partial charge < -0.3 is 5.32 Å². The van der Waals surface area contributed by atoms with Crippen molar-refractivity contribution in [3.05, 3.63) is 35.4 Å². The van der Waals surface area contributed by atoms with Crippen LogP contribution in [0.15, 0.2) is 24.3 Å². The number of hydrogen-bond acceptors (Lipinski definition) is 1. The first-order valence-corrected chi connectivity index (χ1v) is 5.92. The Labute approximate surface area is 92.9 Å². The van der Waals surface area contributed by atoms with E-state index in [9.17, 15) is 0 Å². The van der Waals surface area contributed by atoms with E-state index in [0.29, 0.717) is 6.04 Å². The van der Waals surface area contributed by atoms with Gasteiger partial charge in [-0.1, -0.05) is 24.3 Å². The van der Waals surface area contributed by atoms with Gasteiger partial charge in [0.1, 0.15) is 0 Å². The van der Waals surface area contributed by atoms with Crippen LogP contribution in [-0.4, -0.2) is 5.54 Å². The molecule has 1 aliphatic carbocycles. The van der Waals surface area contributed by atoms with Gasteiger partial charge in [0.2, 0.25) is 0 Å². The molecule has 0 saturated carbocycles. The summed E-state index contributed by atoms with van der Waals surface area (Å²) in [6.07, 6.45) is 3.83. The lowest BCUT2D eigenvalue weighted by molar-refractivity contribution is 0.336. The minimum Gasteiger partial charge on any atom is -0.305 e. The van der Waals surface area contributed by atoms with Crippen LogP contribution in [0.1, 0.15) is 50.8 Å². The second-order valence-electron chi connectivity index (χ2n) is 5.54. The Balaban J connectivity index is 2.22. The minimum absolute atomic E-state index is 0.203. The van der Waals surface area contributed by atoms with Crippen molar-refractivity contribution in [1.82, 2.24) is 5.32 Å². The van der Waals surface area contributed by atoms with E-state index in [0.717, 1.165) is 0 Å². The van der Waals surface area contributed by atoms with Gasteiger partial charge in [-0.2, -0.15) is 0 Å². The first-order chi connectivity index (χ1) is 7.06. The van der Waals surface area contributed by atoms with Crippen molar-refractivity contribution >= 4 is 0 Å². The molecule has 0 amide bonds. The molecular formula is C14H21N. The summed E-state index contributed by atoms with van der Waals surface area (Å²) in [6.45, 7) is 6.72. The van der Waals surface area contributed by atoms with E-state index in [-0.39, 0.29) is 5.54 Å². The number of hydrogen-bond donors (Lipinski definition) is 1. The molecule has 1 N–H and O–H groups in total. The van der Waals surface area contributed by atoms with Gasteiger partial charge in [0.15, 0.2) is 0 Å². The molecule has 1 aromatic carbocycles. The highest BCUT2D eigenvalue weighted by Crippen LogP contribution is 2.30. The summed E-state index contributed by atoms with van der Waals surface area (Å²) in [5.74, 6) is 0. The van der Waals surface area contributed by atoms with Crippen molar-refractivity contribution < 1.29 is 0 Å². The molecule has 1 heteroatoms. The Kier molecular flexibility index (Phi) is 2.83. The molecule has 0 aromatic heterocycles. The molecule has 0 aliphatic heterocycles. The third-order valence-corrected chi connectivity index (χ3v) is 2.98. The van der Waals surface area contributed by atoms with Gasteiger partial charge in [0, 0.05) is 11.6 Å². The van der Waals surface area contributed by atoms with Gasteiger partial charge in [-0.05, 0) is 51.2 Å². The van der Waals surface area contributed by atoms with E-state index in [1.807, 2.05) is 0 Å². The highest BCUT2D eigenvalue weighted by molar-refractivity contribution is 5.32. The van der Waals surface area contributed by atoms with E-state index in [1.54, 1.807) is 0 Å². The van der Waals surface area contributed by atoms with Crippen molar-refractivity contribution in [2.75, 3.05) is 0 Å². The van der Waals surface area contributed by atoms with Crippen molar-refractivity contribution in [2.45, 2.75) is 51.6 Å². The maximum absolute atomic E-state index is 3.71. The summed E-state index contributed by atoms with van der Waals surface area (Å²) in [5, 5.41) is 3.71. The van der Waals surface area contributed by atoms with E-state index < -0.39 is 0 Å². The number of fused-ring (bicyclic) bond motifs is 1. The molecule has 1 nitrogen and oxygen atoms in total. The lowest BCUT2D eigenvalue weighted by Gasteiger charge is -2.33. The predicted molar refractivity (Wildman–Crippen MR) is 65.0 cm³/mol. The van der Waals surface area contributed by atoms with Crippen molar-refractivity contribution in [1.29, 1.82) is 0 Å². The van der Waals surface area contributed by atoms with E-state index in [2.05, 4.69) is 50.4 Å². The van der Waals surface area contributed by atoms with Crippen molar-refractivity contribution in [3.8, 4) is 0 Å². The predicted octanol–water partition coefficient (Wildman–Crippen LogP) is 3.45. The Hall–Kier alpha value is -0.820. The van der Waals surface area contributed by atoms with Gasteiger partial charge in [-0.25, -0.2) is 0 Å². The molecule has 0 fully saturated rings. The summed E-state index contributed by atoms with van der Waals surface area (Å²) in [5.41, 5.74) is 3.25. The first kappa shape index (κ1) is 10.7. The molecule has 0 spiro atoms. The molecule has 0 radical (unpaired) electrons. The SMILES string of the molecule is CC(C)(C)N[C@H]1CCCc2ccccc21. The van der Waals surface area contributed by atoms with Gasteiger partial charge in [-0.15, -0.1) is 0 Å². The van der Waals surface area contributed by atoms with Gasteiger partial charge >= 0.3 is 0 Å². The topological polar surface area (TPSA) is 12.0 Å². The van der Waals surface area contributed by atoms with Crippen molar-refractivity contribution in [2.24, 2.45) is 0 Å². The van der Waals surface area contributed by atoms with Crippen molar-refractivity contribution in [3.63, 3.8) is 0 Å².